The monoisotopic (exact) mass is 198 g/mol. The molecule has 14 heavy (non-hydrogen) atoms. The summed E-state index contributed by atoms with van der Waals surface area (Å²) in [6, 6.07) is 1.68. The van der Waals surface area contributed by atoms with Gasteiger partial charge in [0.15, 0.2) is 0 Å². The SMILES string of the molecule is CCOC(=O)Oc1cc(C(C)C)[nH]n1. The topological polar surface area (TPSA) is 64.2 Å². The van der Waals surface area contributed by atoms with Gasteiger partial charge in [-0.1, -0.05) is 13.8 Å². The van der Waals surface area contributed by atoms with Crippen molar-refractivity contribution < 1.29 is 14.3 Å². The summed E-state index contributed by atoms with van der Waals surface area (Å²) in [5.74, 6) is 0.564. The van der Waals surface area contributed by atoms with Gasteiger partial charge in [-0.2, -0.15) is 0 Å². The molecule has 5 heteroatoms. The van der Waals surface area contributed by atoms with Gasteiger partial charge in [-0.05, 0) is 12.8 Å². The van der Waals surface area contributed by atoms with Crippen molar-refractivity contribution in [3.05, 3.63) is 11.8 Å². The Labute approximate surface area is 82.4 Å². The van der Waals surface area contributed by atoms with Gasteiger partial charge in [-0.25, -0.2) is 4.79 Å². The molecule has 1 aromatic heterocycles. The van der Waals surface area contributed by atoms with Crippen molar-refractivity contribution in [2.45, 2.75) is 26.7 Å². The lowest BCUT2D eigenvalue weighted by atomic mass is 10.1. The summed E-state index contributed by atoms with van der Waals surface area (Å²) in [5, 5.41) is 6.58. The fraction of sp³-hybridized carbons (Fsp3) is 0.556. The fourth-order valence-electron chi connectivity index (χ4n) is 0.898. The molecule has 0 radical (unpaired) electrons. The average molecular weight is 198 g/mol. The Hall–Kier alpha value is -1.52. The standard InChI is InChI=1S/C9H14N2O3/c1-4-13-9(12)14-8-5-7(6(2)3)10-11-8/h5-6H,4H2,1-3H3,(H,10,11). The van der Waals surface area contributed by atoms with Crippen LogP contribution in [0.15, 0.2) is 6.07 Å². The maximum atomic E-state index is 10.9. The third-order valence-corrected chi connectivity index (χ3v) is 1.65. The second-order valence-corrected chi connectivity index (χ2v) is 3.10. The number of nitrogens with zero attached hydrogens (tertiary/aromatic N) is 1. The molecule has 0 aromatic carbocycles. The van der Waals surface area contributed by atoms with Gasteiger partial charge in [-0.15, -0.1) is 5.10 Å². The van der Waals surface area contributed by atoms with Gasteiger partial charge < -0.3 is 9.47 Å². The molecule has 1 N–H and O–H groups in total. The lowest BCUT2D eigenvalue weighted by Gasteiger charge is -1.99. The second-order valence-electron chi connectivity index (χ2n) is 3.10. The van der Waals surface area contributed by atoms with Crippen LogP contribution in [0.25, 0.3) is 0 Å². The van der Waals surface area contributed by atoms with E-state index >= 15 is 0 Å². The van der Waals surface area contributed by atoms with Gasteiger partial charge in [0.25, 0.3) is 0 Å². The molecule has 0 saturated heterocycles. The van der Waals surface area contributed by atoms with E-state index in [1.165, 1.54) is 0 Å². The Morgan fingerprint density at radius 1 is 1.64 bits per heavy atom. The van der Waals surface area contributed by atoms with Gasteiger partial charge in [-0.3, -0.25) is 5.10 Å². The van der Waals surface area contributed by atoms with Crippen LogP contribution < -0.4 is 4.74 Å². The number of carbonyl (C=O) groups is 1. The van der Waals surface area contributed by atoms with Gasteiger partial charge in [0.2, 0.25) is 5.88 Å². The summed E-state index contributed by atoms with van der Waals surface area (Å²) in [5.41, 5.74) is 0.921. The van der Waals surface area contributed by atoms with Crippen molar-refractivity contribution >= 4 is 6.16 Å². The van der Waals surface area contributed by atoms with Crippen LogP contribution in [0.4, 0.5) is 4.79 Å². The van der Waals surface area contributed by atoms with E-state index in [4.69, 9.17) is 4.74 Å². The number of hydrogen-bond donors (Lipinski definition) is 1. The molecule has 0 bridgehead atoms. The molecule has 0 saturated carbocycles. The predicted molar refractivity (Wildman–Crippen MR) is 50.3 cm³/mol. The van der Waals surface area contributed by atoms with E-state index in [9.17, 15) is 4.79 Å². The number of H-pyrrole nitrogens is 1. The Bertz CT molecular complexity index is 307. The van der Waals surface area contributed by atoms with Crippen LogP contribution in [0.1, 0.15) is 32.4 Å². The first kappa shape index (κ1) is 10.6. The molecular formula is C9H14N2O3. The van der Waals surface area contributed by atoms with Gasteiger partial charge in [0.05, 0.1) is 6.61 Å². The highest BCUT2D eigenvalue weighted by molar-refractivity contribution is 5.62. The lowest BCUT2D eigenvalue weighted by molar-refractivity contribution is 0.102. The number of carbonyl (C=O) groups excluding carboxylic acids is 1. The zero-order valence-corrected chi connectivity index (χ0v) is 8.53. The second kappa shape index (κ2) is 4.64. The summed E-state index contributed by atoms with van der Waals surface area (Å²) in [6.07, 6.45) is -0.727. The quantitative estimate of drug-likeness (QED) is 0.755. The van der Waals surface area contributed by atoms with E-state index in [-0.39, 0.29) is 5.88 Å². The summed E-state index contributed by atoms with van der Waals surface area (Å²) in [4.78, 5) is 10.9. The normalized spacial score (nSPS) is 10.3. The molecule has 0 aliphatic heterocycles. The highest BCUT2D eigenvalue weighted by atomic mass is 16.7. The summed E-state index contributed by atoms with van der Waals surface area (Å²) >= 11 is 0. The lowest BCUT2D eigenvalue weighted by Crippen LogP contribution is -2.10. The first-order valence-corrected chi connectivity index (χ1v) is 4.53. The molecule has 0 aliphatic rings. The molecule has 0 amide bonds. The Balaban J connectivity index is 2.55. The molecule has 0 fully saturated rings. The molecule has 1 rings (SSSR count). The zero-order chi connectivity index (χ0) is 10.6. The molecular weight excluding hydrogens is 184 g/mol. The Morgan fingerprint density at radius 3 is 2.86 bits per heavy atom. The predicted octanol–water partition coefficient (Wildman–Crippen LogP) is 2.07. The minimum atomic E-state index is -0.727. The number of aromatic amines is 1. The molecule has 0 spiro atoms. The first-order chi connectivity index (χ1) is 6.63. The van der Waals surface area contributed by atoms with Crippen molar-refractivity contribution in [2.75, 3.05) is 6.61 Å². The van der Waals surface area contributed by atoms with Crippen LogP contribution in [-0.4, -0.2) is 23.0 Å². The third kappa shape index (κ3) is 2.76. The van der Waals surface area contributed by atoms with E-state index in [0.717, 1.165) is 5.69 Å². The smallest absolute Gasteiger partial charge is 0.434 e. The van der Waals surface area contributed by atoms with Crippen molar-refractivity contribution in [3.63, 3.8) is 0 Å². The fourth-order valence-corrected chi connectivity index (χ4v) is 0.898. The molecule has 0 unspecified atom stereocenters. The average Bonchev–Trinajstić information content (AvgIpc) is 2.53. The first-order valence-electron chi connectivity index (χ1n) is 4.53. The Morgan fingerprint density at radius 2 is 2.36 bits per heavy atom. The highest BCUT2D eigenvalue weighted by Crippen LogP contribution is 2.16. The van der Waals surface area contributed by atoms with E-state index in [1.807, 2.05) is 13.8 Å². The van der Waals surface area contributed by atoms with E-state index in [0.29, 0.717) is 12.5 Å². The maximum absolute atomic E-state index is 10.9. The molecule has 5 nitrogen and oxygen atoms in total. The number of nitrogens with one attached hydrogen (secondary N) is 1. The molecule has 78 valence electrons. The van der Waals surface area contributed by atoms with Gasteiger partial charge >= 0.3 is 6.16 Å². The molecule has 0 aliphatic carbocycles. The number of rotatable bonds is 3. The molecule has 0 atom stereocenters. The van der Waals surface area contributed by atoms with E-state index in [2.05, 4.69) is 14.9 Å². The van der Waals surface area contributed by atoms with Gasteiger partial charge in [0, 0.05) is 11.8 Å². The van der Waals surface area contributed by atoms with Crippen LogP contribution in [0.3, 0.4) is 0 Å². The van der Waals surface area contributed by atoms with Crippen LogP contribution >= 0.6 is 0 Å². The largest absolute Gasteiger partial charge is 0.515 e. The zero-order valence-electron chi connectivity index (χ0n) is 8.53. The van der Waals surface area contributed by atoms with Crippen molar-refractivity contribution in [3.8, 4) is 5.88 Å². The van der Waals surface area contributed by atoms with Crippen molar-refractivity contribution in [1.82, 2.24) is 10.2 Å². The number of aromatic nitrogens is 2. The number of ether oxygens (including phenoxy) is 2. The van der Waals surface area contributed by atoms with Crippen LogP contribution in [-0.2, 0) is 4.74 Å². The maximum Gasteiger partial charge on any atom is 0.515 e. The van der Waals surface area contributed by atoms with E-state index in [1.54, 1.807) is 13.0 Å². The van der Waals surface area contributed by atoms with Crippen molar-refractivity contribution in [1.29, 1.82) is 0 Å². The third-order valence-electron chi connectivity index (χ3n) is 1.65. The molecule has 1 aromatic rings. The Kier molecular flexibility index (Phi) is 3.50. The van der Waals surface area contributed by atoms with Crippen LogP contribution in [0.2, 0.25) is 0 Å². The number of hydrogen-bond acceptors (Lipinski definition) is 4. The van der Waals surface area contributed by atoms with Crippen LogP contribution in [0, 0.1) is 0 Å². The van der Waals surface area contributed by atoms with Gasteiger partial charge in [0.1, 0.15) is 0 Å². The summed E-state index contributed by atoms with van der Waals surface area (Å²) in [6.45, 7) is 6.04. The molecule has 1 heterocycles. The minimum Gasteiger partial charge on any atom is -0.434 e. The van der Waals surface area contributed by atoms with Crippen molar-refractivity contribution in [2.24, 2.45) is 0 Å². The minimum absolute atomic E-state index is 0.243. The van der Waals surface area contributed by atoms with E-state index < -0.39 is 6.16 Å². The summed E-state index contributed by atoms with van der Waals surface area (Å²) in [7, 11) is 0. The highest BCUT2D eigenvalue weighted by Gasteiger charge is 2.09. The van der Waals surface area contributed by atoms with Crippen LogP contribution in [0.5, 0.6) is 5.88 Å². The summed E-state index contributed by atoms with van der Waals surface area (Å²) < 4.78 is 9.38.